The van der Waals surface area contributed by atoms with E-state index in [4.69, 9.17) is 4.55 Å². The Morgan fingerprint density at radius 1 is 0.960 bits per heavy atom. The van der Waals surface area contributed by atoms with Crippen molar-refractivity contribution < 1.29 is 13.0 Å². The lowest BCUT2D eigenvalue weighted by molar-refractivity contribution is 0.481. The van der Waals surface area contributed by atoms with Crippen molar-refractivity contribution in [2.24, 2.45) is 0 Å². The Kier molecular flexibility index (Phi) is 5.41. The number of rotatable bonds is 6. The van der Waals surface area contributed by atoms with E-state index in [1.165, 1.54) is 20.9 Å². The van der Waals surface area contributed by atoms with Crippen molar-refractivity contribution in [3.63, 3.8) is 0 Å². The molecular formula is C19H23NO3S2. The fourth-order valence-corrected chi connectivity index (χ4v) is 4.78. The van der Waals surface area contributed by atoms with Crippen molar-refractivity contribution >= 4 is 33.3 Å². The monoisotopic (exact) mass is 377 g/mol. The molecule has 1 N–H and O–H groups in total. The zero-order valence-corrected chi connectivity index (χ0v) is 16.2. The SMILES string of the molecule is CCc1ccc2c(c1)Sc1cc(CC)ccc1N2CCCS(=O)(=O)O. The lowest BCUT2D eigenvalue weighted by Gasteiger charge is -2.33. The molecule has 0 saturated heterocycles. The van der Waals surface area contributed by atoms with Gasteiger partial charge in [-0.1, -0.05) is 37.7 Å². The smallest absolute Gasteiger partial charge is 0.264 e. The molecule has 0 amide bonds. The van der Waals surface area contributed by atoms with E-state index in [1.54, 1.807) is 11.8 Å². The number of hydrogen-bond donors (Lipinski definition) is 1. The largest absolute Gasteiger partial charge is 0.340 e. The molecule has 0 aromatic heterocycles. The molecule has 0 unspecified atom stereocenters. The lowest BCUT2D eigenvalue weighted by atomic mass is 10.1. The Bertz CT molecular complexity index is 825. The van der Waals surface area contributed by atoms with Gasteiger partial charge in [-0.25, -0.2) is 0 Å². The van der Waals surface area contributed by atoms with Crippen molar-refractivity contribution in [2.75, 3.05) is 17.2 Å². The van der Waals surface area contributed by atoms with Crippen LogP contribution in [0.3, 0.4) is 0 Å². The van der Waals surface area contributed by atoms with Gasteiger partial charge in [0.25, 0.3) is 10.1 Å². The molecule has 0 spiro atoms. The molecule has 0 radical (unpaired) electrons. The quantitative estimate of drug-likeness (QED) is 0.740. The molecule has 0 aliphatic carbocycles. The average molecular weight is 378 g/mol. The number of hydrogen-bond acceptors (Lipinski definition) is 4. The second-order valence-corrected chi connectivity index (χ2v) is 8.86. The third-order valence-electron chi connectivity index (χ3n) is 4.45. The van der Waals surface area contributed by atoms with Crippen LogP contribution >= 0.6 is 11.8 Å². The molecule has 4 nitrogen and oxygen atoms in total. The Hall–Kier alpha value is -1.50. The minimum Gasteiger partial charge on any atom is -0.340 e. The Morgan fingerprint density at radius 3 is 1.92 bits per heavy atom. The molecule has 2 aromatic carbocycles. The molecule has 0 fully saturated rings. The maximum Gasteiger partial charge on any atom is 0.264 e. The predicted molar refractivity (Wildman–Crippen MR) is 104 cm³/mol. The van der Waals surface area contributed by atoms with E-state index >= 15 is 0 Å². The van der Waals surface area contributed by atoms with Crippen LogP contribution in [0, 0.1) is 0 Å². The van der Waals surface area contributed by atoms with Gasteiger partial charge < -0.3 is 4.90 Å². The molecular weight excluding hydrogens is 354 g/mol. The Labute approximate surface area is 154 Å². The lowest BCUT2D eigenvalue weighted by Crippen LogP contribution is -2.24. The second kappa shape index (κ2) is 7.40. The van der Waals surface area contributed by atoms with Crippen LogP contribution in [-0.4, -0.2) is 25.3 Å². The van der Waals surface area contributed by atoms with Crippen LogP contribution in [0.1, 0.15) is 31.4 Å². The van der Waals surface area contributed by atoms with E-state index < -0.39 is 10.1 Å². The van der Waals surface area contributed by atoms with Crippen molar-refractivity contribution in [1.29, 1.82) is 0 Å². The molecule has 25 heavy (non-hydrogen) atoms. The predicted octanol–water partition coefficient (Wildman–Crippen LogP) is 4.69. The average Bonchev–Trinajstić information content (AvgIpc) is 2.59. The van der Waals surface area contributed by atoms with E-state index in [-0.39, 0.29) is 5.75 Å². The van der Waals surface area contributed by atoms with Crippen LogP contribution in [0.25, 0.3) is 0 Å². The third-order valence-corrected chi connectivity index (χ3v) is 6.35. The number of nitrogens with zero attached hydrogens (tertiary/aromatic N) is 1. The summed E-state index contributed by atoms with van der Waals surface area (Å²) < 4.78 is 31.2. The Morgan fingerprint density at radius 2 is 1.48 bits per heavy atom. The van der Waals surface area contributed by atoms with E-state index in [9.17, 15) is 8.42 Å². The molecule has 1 aliphatic rings. The molecule has 1 aliphatic heterocycles. The van der Waals surface area contributed by atoms with E-state index in [0.717, 1.165) is 24.2 Å². The van der Waals surface area contributed by atoms with Crippen molar-refractivity contribution in [3.05, 3.63) is 47.5 Å². The maximum atomic E-state index is 11.1. The zero-order chi connectivity index (χ0) is 18.0. The minimum atomic E-state index is -3.93. The van der Waals surface area contributed by atoms with Crippen LogP contribution in [0.5, 0.6) is 0 Å². The van der Waals surface area contributed by atoms with Crippen molar-refractivity contribution in [2.45, 2.75) is 42.9 Å². The first-order valence-corrected chi connectivity index (χ1v) is 11.0. The summed E-state index contributed by atoms with van der Waals surface area (Å²) in [6.45, 7) is 4.84. The van der Waals surface area contributed by atoms with E-state index in [1.807, 2.05) is 0 Å². The summed E-state index contributed by atoms with van der Waals surface area (Å²) in [6.07, 6.45) is 2.35. The summed E-state index contributed by atoms with van der Waals surface area (Å²) in [7, 11) is -3.93. The van der Waals surface area contributed by atoms with Gasteiger partial charge in [0.05, 0.1) is 17.1 Å². The molecule has 2 aromatic rings. The first kappa shape index (κ1) is 18.3. The third kappa shape index (κ3) is 4.19. The van der Waals surface area contributed by atoms with Crippen LogP contribution in [0.2, 0.25) is 0 Å². The van der Waals surface area contributed by atoms with Gasteiger partial charge in [-0.2, -0.15) is 8.42 Å². The van der Waals surface area contributed by atoms with Gasteiger partial charge in [-0.05, 0) is 54.7 Å². The van der Waals surface area contributed by atoms with Crippen molar-refractivity contribution in [3.8, 4) is 0 Å². The summed E-state index contributed by atoms with van der Waals surface area (Å²) in [5, 5.41) is 0. The molecule has 3 rings (SSSR count). The topological polar surface area (TPSA) is 57.6 Å². The summed E-state index contributed by atoms with van der Waals surface area (Å²) in [5.74, 6) is -0.221. The van der Waals surface area contributed by atoms with Gasteiger partial charge in [-0.3, -0.25) is 4.55 Å². The molecule has 134 valence electrons. The van der Waals surface area contributed by atoms with E-state index in [2.05, 4.69) is 55.1 Å². The minimum absolute atomic E-state index is 0.221. The summed E-state index contributed by atoms with van der Waals surface area (Å²) >= 11 is 1.78. The summed E-state index contributed by atoms with van der Waals surface area (Å²) in [5.41, 5.74) is 4.79. The van der Waals surface area contributed by atoms with Crippen LogP contribution in [0.4, 0.5) is 11.4 Å². The zero-order valence-electron chi connectivity index (χ0n) is 14.5. The van der Waals surface area contributed by atoms with Gasteiger partial charge in [0.1, 0.15) is 0 Å². The molecule has 0 saturated carbocycles. The molecule has 1 heterocycles. The molecule has 6 heteroatoms. The number of aryl methyl sites for hydroxylation is 2. The first-order chi connectivity index (χ1) is 11.9. The van der Waals surface area contributed by atoms with Gasteiger partial charge in [0.2, 0.25) is 0 Å². The highest BCUT2D eigenvalue weighted by Crippen LogP contribution is 2.48. The molecule has 0 bridgehead atoms. The highest BCUT2D eigenvalue weighted by molar-refractivity contribution is 7.99. The fraction of sp³-hybridized carbons (Fsp3) is 0.368. The first-order valence-electron chi connectivity index (χ1n) is 8.57. The maximum absolute atomic E-state index is 11.1. The van der Waals surface area contributed by atoms with Crippen LogP contribution < -0.4 is 4.90 Å². The Balaban J connectivity index is 1.97. The summed E-state index contributed by atoms with van der Waals surface area (Å²) in [6, 6.07) is 12.9. The normalized spacial score (nSPS) is 13.5. The van der Waals surface area contributed by atoms with Crippen LogP contribution in [-0.2, 0) is 23.0 Å². The number of fused-ring (bicyclic) bond motifs is 2. The second-order valence-electron chi connectivity index (χ2n) is 6.20. The van der Waals surface area contributed by atoms with Crippen LogP contribution in [0.15, 0.2) is 46.2 Å². The number of benzene rings is 2. The van der Waals surface area contributed by atoms with Gasteiger partial charge >= 0.3 is 0 Å². The standard InChI is InChI=1S/C19H23NO3S2/c1-3-14-6-8-16-18(12-14)24-19-13-15(4-2)7-9-17(19)20(16)10-5-11-25(21,22)23/h6-9,12-13H,3-5,10-11H2,1-2H3,(H,21,22,23). The van der Waals surface area contributed by atoms with Crippen molar-refractivity contribution in [1.82, 2.24) is 0 Å². The van der Waals surface area contributed by atoms with Gasteiger partial charge in [0.15, 0.2) is 0 Å². The number of anilines is 2. The summed E-state index contributed by atoms with van der Waals surface area (Å²) in [4.78, 5) is 4.57. The highest BCUT2D eigenvalue weighted by atomic mass is 32.2. The fourth-order valence-electron chi connectivity index (χ4n) is 3.06. The highest BCUT2D eigenvalue weighted by Gasteiger charge is 2.24. The van der Waals surface area contributed by atoms with E-state index in [0.29, 0.717) is 13.0 Å². The van der Waals surface area contributed by atoms with Gasteiger partial charge in [-0.15, -0.1) is 0 Å². The van der Waals surface area contributed by atoms with Gasteiger partial charge in [0, 0.05) is 16.3 Å². The molecule has 0 atom stereocenters.